The summed E-state index contributed by atoms with van der Waals surface area (Å²) in [5.41, 5.74) is 6.20. The lowest BCUT2D eigenvalue weighted by Gasteiger charge is -2.45. The van der Waals surface area contributed by atoms with Crippen LogP contribution in [0.3, 0.4) is 0 Å². The number of nitrogens with two attached hydrogens (primary N) is 1. The number of aromatic nitrogens is 2. The van der Waals surface area contributed by atoms with Gasteiger partial charge in [0.2, 0.25) is 5.95 Å². The van der Waals surface area contributed by atoms with Crippen molar-refractivity contribution in [2.45, 2.75) is 103 Å². The molecule has 11 nitrogen and oxygen atoms in total. The largest absolute Gasteiger partial charge is 0.383 e. The average Bonchev–Trinajstić information content (AvgIpc) is 2.95. The van der Waals surface area contributed by atoms with Gasteiger partial charge in [-0.3, -0.25) is 9.46 Å². The van der Waals surface area contributed by atoms with Crippen molar-refractivity contribution in [3.8, 4) is 0 Å². The fourth-order valence-corrected chi connectivity index (χ4v) is 7.70. The van der Waals surface area contributed by atoms with Crippen molar-refractivity contribution in [1.29, 1.82) is 0 Å². The van der Waals surface area contributed by atoms with E-state index in [9.17, 15) is 14.4 Å². The van der Waals surface area contributed by atoms with Crippen LogP contribution in [-0.2, 0) is 4.57 Å². The number of anilines is 3. The van der Waals surface area contributed by atoms with E-state index in [1.54, 1.807) is 0 Å². The van der Waals surface area contributed by atoms with Gasteiger partial charge in [-0.25, -0.2) is 0 Å². The fraction of sp³-hybridized carbons (Fsp3) is 0.867. The Morgan fingerprint density at radius 1 is 0.929 bits per heavy atom. The molecule has 2 aliphatic carbocycles. The molecule has 0 aromatic carbocycles. The Morgan fingerprint density at radius 2 is 1.60 bits per heavy atom. The SMILES string of the molecule is CC1CN(c2cc(N)nc(NCC3CCC(CNCCCNC4CCCCC4)CC3)n2)CC(C)N1CCCP(=O)(O)O. The molecule has 3 aliphatic rings. The summed E-state index contributed by atoms with van der Waals surface area (Å²) in [5, 5.41) is 10.9. The lowest BCUT2D eigenvalue weighted by molar-refractivity contribution is 0.131. The Hall–Kier alpha value is -1.49. The zero-order chi connectivity index (χ0) is 30.0. The minimum absolute atomic E-state index is 0.0685. The summed E-state index contributed by atoms with van der Waals surface area (Å²) in [6.45, 7) is 10.8. The van der Waals surface area contributed by atoms with Crippen LogP contribution in [0.15, 0.2) is 6.07 Å². The van der Waals surface area contributed by atoms with Gasteiger partial charge < -0.3 is 36.4 Å². The first-order valence-electron chi connectivity index (χ1n) is 16.5. The number of nitrogens with zero attached hydrogens (tertiary/aromatic N) is 4. The second-order valence-corrected chi connectivity index (χ2v) is 14.9. The number of hydrogen-bond donors (Lipinski definition) is 6. The van der Waals surface area contributed by atoms with E-state index in [0.717, 1.165) is 57.0 Å². The molecule has 0 bridgehead atoms. The molecular formula is C30H57N8O3P. The molecule has 1 aliphatic heterocycles. The lowest BCUT2D eigenvalue weighted by Crippen LogP contribution is -2.57. The topological polar surface area (TPSA) is 152 Å². The maximum Gasteiger partial charge on any atom is 0.325 e. The second kappa shape index (κ2) is 16.5. The summed E-state index contributed by atoms with van der Waals surface area (Å²) >= 11 is 0. The highest BCUT2D eigenvalue weighted by molar-refractivity contribution is 7.51. The van der Waals surface area contributed by atoms with E-state index < -0.39 is 7.60 Å². The number of hydrogen-bond acceptors (Lipinski definition) is 9. The van der Waals surface area contributed by atoms with Gasteiger partial charge in [0, 0.05) is 43.8 Å². The Bertz CT molecular complexity index is 971. The van der Waals surface area contributed by atoms with Crippen LogP contribution in [0.4, 0.5) is 17.6 Å². The molecule has 4 rings (SSSR count). The molecule has 1 aromatic heterocycles. The first-order valence-corrected chi connectivity index (χ1v) is 18.3. The molecule has 7 N–H and O–H groups in total. The molecule has 240 valence electrons. The molecule has 1 aromatic rings. The van der Waals surface area contributed by atoms with Crippen molar-refractivity contribution in [1.82, 2.24) is 25.5 Å². The highest BCUT2D eigenvalue weighted by Gasteiger charge is 2.31. The molecule has 2 heterocycles. The standard InChI is InChI=1S/C30H57N8O3P/c1-23-21-37(22-24(2)38(23)16-7-17-42(39,40)41)29-18-28(31)35-30(36-29)34-20-26-12-10-25(11-13-26)19-32-14-6-15-33-27-8-4-3-5-9-27/h18,23-27,32-33H,3-17,19-22H2,1-2H3,(H2,39,40,41)(H3,31,34,35,36). The fourth-order valence-electron chi connectivity index (χ4n) is 7.15. The molecule has 2 atom stereocenters. The molecule has 2 saturated carbocycles. The van der Waals surface area contributed by atoms with Crippen molar-refractivity contribution in [3.05, 3.63) is 6.07 Å². The smallest absolute Gasteiger partial charge is 0.325 e. The van der Waals surface area contributed by atoms with Gasteiger partial charge in [-0.05, 0) is 103 Å². The van der Waals surface area contributed by atoms with E-state index in [4.69, 9.17) is 10.7 Å². The normalized spacial score (nSPS) is 26.4. The van der Waals surface area contributed by atoms with Crippen molar-refractivity contribution >= 4 is 25.2 Å². The Balaban J connectivity index is 1.13. The van der Waals surface area contributed by atoms with Crippen LogP contribution < -0.4 is 26.6 Å². The maximum absolute atomic E-state index is 11.2. The van der Waals surface area contributed by atoms with E-state index in [0.29, 0.717) is 30.6 Å². The van der Waals surface area contributed by atoms with E-state index >= 15 is 0 Å². The monoisotopic (exact) mass is 608 g/mol. The highest BCUT2D eigenvalue weighted by Crippen LogP contribution is 2.35. The van der Waals surface area contributed by atoms with Crippen molar-refractivity contribution in [3.63, 3.8) is 0 Å². The van der Waals surface area contributed by atoms with Gasteiger partial charge in [0.05, 0.1) is 6.16 Å². The summed E-state index contributed by atoms with van der Waals surface area (Å²) < 4.78 is 11.2. The van der Waals surface area contributed by atoms with Crippen LogP contribution in [0, 0.1) is 11.8 Å². The van der Waals surface area contributed by atoms with Crippen LogP contribution in [0.1, 0.15) is 84.5 Å². The third kappa shape index (κ3) is 11.2. The molecular weight excluding hydrogens is 551 g/mol. The minimum Gasteiger partial charge on any atom is -0.383 e. The molecule has 3 fully saturated rings. The predicted molar refractivity (Wildman–Crippen MR) is 172 cm³/mol. The quantitative estimate of drug-likeness (QED) is 0.128. The first kappa shape index (κ1) is 33.4. The molecule has 12 heteroatoms. The number of nitrogen functional groups attached to an aromatic ring is 1. The van der Waals surface area contributed by atoms with Gasteiger partial charge in [0.1, 0.15) is 11.6 Å². The predicted octanol–water partition coefficient (Wildman–Crippen LogP) is 3.65. The summed E-state index contributed by atoms with van der Waals surface area (Å²) in [6, 6.07) is 3.08. The third-order valence-electron chi connectivity index (χ3n) is 9.54. The van der Waals surface area contributed by atoms with E-state index in [-0.39, 0.29) is 18.2 Å². The first-order chi connectivity index (χ1) is 20.2. The summed E-state index contributed by atoms with van der Waals surface area (Å²) in [4.78, 5) is 32.3. The van der Waals surface area contributed by atoms with Crippen molar-refractivity contribution in [2.75, 3.05) is 67.9 Å². The maximum atomic E-state index is 11.2. The zero-order valence-corrected chi connectivity index (χ0v) is 26.9. The van der Waals surface area contributed by atoms with Gasteiger partial charge in [-0.2, -0.15) is 9.97 Å². The van der Waals surface area contributed by atoms with Crippen LogP contribution in [-0.4, -0.2) is 94.8 Å². The van der Waals surface area contributed by atoms with Gasteiger partial charge in [0.25, 0.3) is 0 Å². The van der Waals surface area contributed by atoms with Crippen LogP contribution in [0.25, 0.3) is 0 Å². The third-order valence-corrected chi connectivity index (χ3v) is 10.4. The van der Waals surface area contributed by atoms with E-state index in [2.05, 4.69) is 44.6 Å². The second-order valence-electron chi connectivity index (χ2n) is 13.2. The van der Waals surface area contributed by atoms with Crippen LogP contribution in [0.2, 0.25) is 0 Å². The van der Waals surface area contributed by atoms with Crippen molar-refractivity contribution < 1.29 is 14.4 Å². The Morgan fingerprint density at radius 3 is 2.26 bits per heavy atom. The average molecular weight is 609 g/mol. The molecule has 2 unspecified atom stereocenters. The van der Waals surface area contributed by atoms with Gasteiger partial charge in [-0.1, -0.05) is 19.3 Å². The summed E-state index contributed by atoms with van der Waals surface area (Å²) in [5.74, 6) is 3.31. The Kier molecular flexibility index (Phi) is 13.2. The Labute approximate surface area is 253 Å². The van der Waals surface area contributed by atoms with Gasteiger partial charge >= 0.3 is 7.60 Å². The molecule has 0 radical (unpaired) electrons. The number of nitrogens with one attached hydrogen (secondary N) is 3. The molecule has 42 heavy (non-hydrogen) atoms. The van der Waals surface area contributed by atoms with Crippen LogP contribution in [0.5, 0.6) is 0 Å². The highest BCUT2D eigenvalue weighted by atomic mass is 31.2. The molecule has 0 spiro atoms. The lowest BCUT2D eigenvalue weighted by atomic mass is 9.82. The summed E-state index contributed by atoms with van der Waals surface area (Å²) in [6.07, 6.45) is 13.6. The van der Waals surface area contributed by atoms with E-state index in [1.165, 1.54) is 64.2 Å². The number of piperazine rings is 1. The van der Waals surface area contributed by atoms with Gasteiger partial charge in [0.15, 0.2) is 0 Å². The van der Waals surface area contributed by atoms with E-state index in [1.807, 2.05) is 6.07 Å². The number of rotatable bonds is 15. The van der Waals surface area contributed by atoms with Gasteiger partial charge in [-0.15, -0.1) is 0 Å². The van der Waals surface area contributed by atoms with Crippen LogP contribution >= 0.6 is 7.60 Å². The van der Waals surface area contributed by atoms with Crippen molar-refractivity contribution in [2.24, 2.45) is 11.8 Å². The summed E-state index contributed by atoms with van der Waals surface area (Å²) in [7, 11) is -3.96. The minimum atomic E-state index is -3.96. The zero-order valence-electron chi connectivity index (χ0n) is 26.0. The molecule has 0 amide bonds. The molecule has 1 saturated heterocycles.